The number of hydrogen-bond acceptors (Lipinski definition) is 5. The molecule has 0 aliphatic carbocycles. The summed E-state index contributed by atoms with van der Waals surface area (Å²) >= 11 is 6.06. The van der Waals surface area contributed by atoms with Gasteiger partial charge in [-0.2, -0.15) is 4.31 Å². The molecule has 25 heavy (non-hydrogen) atoms. The van der Waals surface area contributed by atoms with E-state index in [0.29, 0.717) is 30.9 Å². The topological polar surface area (TPSA) is 87.1 Å². The number of aliphatic hydroxyl groups excluding tert-OH is 1. The van der Waals surface area contributed by atoms with Crippen molar-refractivity contribution in [1.29, 1.82) is 0 Å². The van der Waals surface area contributed by atoms with Crippen molar-refractivity contribution in [1.82, 2.24) is 4.31 Å². The fraction of sp³-hybridized carbons (Fsp3) is 0.647. The molecule has 2 heterocycles. The minimum Gasteiger partial charge on any atom is -0.387 e. The predicted molar refractivity (Wildman–Crippen MR) is 94.1 cm³/mol. The van der Waals surface area contributed by atoms with Crippen LogP contribution in [0.25, 0.3) is 0 Å². The highest BCUT2D eigenvalue weighted by Gasteiger charge is 2.53. The first kappa shape index (κ1) is 19.1. The van der Waals surface area contributed by atoms with Gasteiger partial charge in [0.2, 0.25) is 10.0 Å². The Kier molecular flexibility index (Phi) is 4.94. The normalized spacial score (nSPS) is 30.5. The number of nitrogens with zero attached hydrogens (tertiary/aromatic N) is 1. The molecule has 1 aromatic carbocycles. The summed E-state index contributed by atoms with van der Waals surface area (Å²) in [4.78, 5) is 0.163. The Balaban J connectivity index is 1.78. The fourth-order valence-electron chi connectivity index (χ4n) is 3.65. The SMILES string of the molecule is Cc1ccc(S(=O)(=O)N2CCC3(CC2)OCC[C@@](C)(O)[C@@H]3O)cc1Cl. The second kappa shape index (κ2) is 6.48. The average molecular weight is 390 g/mol. The van der Waals surface area contributed by atoms with Crippen LogP contribution in [0.4, 0.5) is 0 Å². The number of ether oxygens (including phenoxy) is 1. The molecule has 2 atom stereocenters. The van der Waals surface area contributed by atoms with Crippen LogP contribution in [0, 0.1) is 6.92 Å². The molecule has 8 heteroatoms. The molecule has 0 aromatic heterocycles. The van der Waals surface area contributed by atoms with Crippen LogP contribution in [0.15, 0.2) is 23.1 Å². The molecule has 0 radical (unpaired) electrons. The quantitative estimate of drug-likeness (QED) is 0.804. The van der Waals surface area contributed by atoms with Crippen LogP contribution in [-0.4, -0.2) is 59.9 Å². The Bertz CT molecular complexity index is 756. The van der Waals surface area contributed by atoms with Crippen molar-refractivity contribution in [2.75, 3.05) is 19.7 Å². The van der Waals surface area contributed by atoms with Crippen molar-refractivity contribution in [2.45, 2.75) is 55.3 Å². The maximum atomic E-state index is 12.8. The first-order valence-corrected chi connectivity index (χ1v) is 10.2. The van der Waals surface area contributed by atoms with E-state index in [4.69, 9.17) is 16.3 Å². The van der Waals surface area contributed by atoms with Gasteiger partial charge in [0, 0.05) is 24.5 Å². The Labute approximate surface area is 153 Å². The monoisotopic (exact) mass is 389 g/mol. The lowest BCUT2D eigenvalue weighted by Gasteiger charge is -2.51. The molecule has 2 saturated heterocycles. The molecule has 6 nitrogen and oxygen atoms in total. The summed E-state index contributed by atoms with van der Waals surface area (Å²) in [6.45, 7) is 4.21. The Morgan fingerprint density at radius 2 is 1.92 bits per heavy atom. The molecule has 0 unspecified atom stereocenters. The van der Waals surface area contributed by atoms with Crippen molar-refractivity contribution >= 4 is 21.6 Å². The molecule has 2 fully saturated rings. The number of piperidine rings is 1. The molecule has 0 saturated carbocycles. The smallest absolute Gasteiger partial charge is 0.243 e. The van der Waals surface area contributed by atoms with Gasteiger partial charge in [0.15, 0.2) is 0 Å². The Hall–Kier alpha value is -0.700. The fourth-order valence-corrected chi connectivity index (χ4v) is 5.36. The standard InChI is InChI=1S/C17H24ClNO5S/c1-12-3-4-13(11-14(12)18)25(22,23)19-8-5-17(6-9-19)15(20)16(2,21)7-10-24-17/h3-4,11,15,20-21H,5-10H2,1-2H3/t15-,16+/m0/s1. The van der Waals surface area contributed by atoms with Crippen molar-refractivity contribution in [3.63, 3.8) is 0 Å². The van der Waals surface area contributed by atoms with Crippen molar-refractivity contribution in [2.24, 2.45) is 0 Å². The highest BCUT2D eigenvalue weighted by Crippen LogP contribution is 2.40. The van der Waals surface area contributed by atoms with E-state index in [0.717, 1.165) is 5.56 Å². The highest BCUT2D eigenvalue weighted by atomic mass is 35.5. The molecule has 2 aliphatic heterocycles. The van der Waals surface area contributed by atoms with E-state index in [2.05, 4.69) is 0 Å². The van der Waals surface area contributed by atoms with Crippen LogP contribution in [0.3, 0.4) is 0 Å². The summed E-state index contributed by atoms with van der Waals surface area (Å²) in [6, 6.07) is 4.71. The van der Waals surface area contributed by atoms with Crippen LogP contribution in [0.5, 0.6) is 0 Å². The second-order valence-electron chi connectivity index (χ2n) is 7.24. The maximum Gasteiger partial charge on any atom is 0.243 e. The zero-order valence-corrected chi connectivity index (χ0v) is 16.0. The van der Waals surface area contributed by atoms with Crippen LogP contribution in [-0.2, 0) is 14.8 Å². The van der Waals surface area contributed by atoms with Gasteiger partial charge in [-0.3, -0.25) is 0 Å². The summed E-state index contributed by atoms with van der Waals surface area (Å²) in [5.41, 5.74) is -1.29. The van der Waals surface area contributed by atoms with E-state index in [1.54, 1.807) is 19.1 Å². The van der Waals surface area contributed by atoms with Gasteiger partial charge in [-0.05, 0) is 44.4 Å². The molecule has 3 rings (SSSR count). The molecule has 1 spiro atoms. The molecule has 140 valence electrons. The minimum atomic E-state index is -3.65. The van der Waals surface area contributed by atoms with Gasteiger partial charge >= 0.3 is 0 Å². The van der Waals surface area contributed by atoms with Crippen molar-refractivity contribution in [3.05, 3.63) is 28.8 Å². The first-order valence-electron chi connectivity index (χ1n) is 8.39. The minimum absolute atomic E-state index is 0.163. The molecular formula is C17H24ClNO5S. The Morgan fingerprint density at radius 1 is 1.28 bits per heavy atom. The molecular weight excluding hydrogens is 366 g/mol. The molecule has 1 aromatic rings. The zero-order valence-electron chi connectivity index (χ0n) is 14.4. The zero-order chi connectivity index (χ0) is 18.5. The number of benzene rings is 1. The number of aliphatic hydroxyl groups is 2. The number of rotatable bonds is 2. The van der Waals surface area contributed by atoms with Gasteiger partial charge in [0.05, 0.1) is 22.7 Å². The lowest BCUT2D eigenvalue weighted by atomic mass is 9.75. The summed E-state index contributed by atoms with van der Waals surface area (Å²) in [7, 11) is -3.65. The largest absolute Gasteiger partial charge is 0.387 e. The molecule has 0 amide bonds. The third kappa shape index (κ3) is 3.34. The second-order valence-corrected chi connectivity index (χ2v) is 9.58. The first-order chi connectivity index (χ1) is 11.6. The number of sulfonamides is 1. The van der Waals surface area contributed by atoms with Crippen molar-refractivity contribution < 1.29 is 23.4 Å². The summed E-state index contributed by atoms with van der Waals surface area (Å²) < 4.78 is 32.9. The summed E-state index contributed by atoms with van der Waals surface area (Å²) in [5, 5.41) is 21.3. The van der Waals surface area contributed by atoms with E-state index < -0.39 is 27.3 Å². The number of halogens is 1. The average Bonchev–Trinajstić information content (AvgIpc) is 2.55. The van der Waals surface area contributed by atoms with Gasteiger partial charge in [-0.15, -0.1) is 0 Å². The maximum absolute atomic E-state index is 12.8. The lowest BCUT2D eigenvalue weighted by Crippen LogP contribution is -2.64. The van der Waals surface area contributed by atoms with Gasteiger partial charge in [-0.1, -0.05) is 17.7 Å². The van der Waals surface area contributed by atoms with Gasteiger partial charge in [0.1, 0.15) is 6.10 Å². The highest BCUT2D eigenvalue weighted by molar-refractivity contribution is 7.89. The van der Waals surface area contributed by atoms with E-state index in [1.807, 2.05) is 6.92 Å². The predicted octanol–water partition coefficient (Wildman–Crippen LogP) is 1.70. The van der Waals surface area contributed by atoms with E-state index in [1.165, 1.54) is 10.4 Å². The Morgan fingerprint density at radius 3 is 2.52 bits per heavy atom. The third-order valence-electron chi connectivity index (χ3n) is 5.43. The summed E-state index contributed by atoms with van der Waals surface area (Å²) in [6.07, 6.45) is -0.000988. The van der Waals surface area contributed by atoms with Crippen LogP contribution >= 0.6 is 11.6 Å². The number of hydrogen-bond donors (Lipinski definition) is 2. The van der Waals surface area contributed by atoms with E-state index >= 15 is 0 Å². The van der Waals surface area contributed by atoms with Gasteiger partial charge in [-0.25, -0.2) is 8.42 Å². The van der Waals surface area contributed by atoms with Gasteiger partial charge in [0.25, 0.3) is 0 Å². The molecule has 0 bridgehead atoms. The van der Waals surface area contributed by atoms with Crippen LogP contribution in [0.1, 0.15) is 31.7 Å². The van der Waals surface area contributed by atoms with Crippen LogP contribution < -0.4 is 0 Å². The third-order valence-corrected chi connectivity index (χ3v) is 7.74. The summed E-state index contributed by atoms with van der Waals surface area (Å²) in [5.74, 6) is 0. The van der Waals surface area contributed by atoms with Crippen LogP contribution in [0.2, 0.25) is 5.02 Å². The van der Waals surface area contributed by atoms with E-state index in [-0.39, 0.29) is 18.0 Å². The lowest BCUT2D eigenvalue weighted by molar-refractivity contribution is -0.243. The number of aryl methyl sites for hydroxylation is 1. The molecule has 2 aliphatic rings. The van der Waals surface area contributed by atoms with Gasteiger partial charge < -0.3 is 14.9 Å². The van der Waals surface area contributed by atoms with E-state index in [9.17, 15) is 18.6 Å². The van der Waals surface area contributed by atoms with Crippen molar-refractivity contribution in [3.8, 4) is 0 Å². The molecule has 2 N–H and O–H groups in total.